The van der Waals surface area contributed by atoms with Crippen LogP contribution in [0.3, 0.4) is 0 Å². The number of carboxylic acids is 1. The Morgan fingerprint density at radius 1 is 1.25 bits per heavy atom. The molecule has 0 fully saturated rings. The lowest BCUT2D eigenvalue weighted by Crippen LogP contribution is -2.53. The van der Waals surface area contributed by atoms with E-state index in [1.165, 1.54) is 0 Å². The lowest BCUT2D eigenvalue weighted by molar-refractivity contribution is -0.144. The zero-order valence-electron chi connectivity index (χ0n) is 11.6. The molecule has 5 nitrogen and oxygen atoms in total. The van der Waals surface area contributed by atoms with Crippen LogP contribution in [0.25, 0.3) is 10.9 Å². The molecule has 0 unspecified atom stereocenters. The average molecular weight is 274 g/mol. The zero-order valence-corrected chi connectivity index (χ0v) is 11.6. The van der Waals surface area contributed by atoms with Crippen molar-refractivity contribution in [2.24, 2.45) is 0 Å². The van der Waals surface area contributed by atoms with Crippen LogP contribution in [-0.2, 0) is 4.79 Å². The summed E-state index contributed by atoms with van der Waals surface area (Å²) in [5.41, 5.74) is 0.123. The lowest BCUT2D eigenvalue weighted by atomic mass is 9.92. The smallest absolute Gasteiger partial charge is 0.329 e. The molecule has 20 heavy (non-hydrogen) atoms. The first-order chi connectivity index (χ1) is 9.54. The van der Waals surface area contributed by atoms with Crippen LogP contribution in [0, 0.1) is 0 Å². The van der Waals surface area contributed by atoms with E-state index in [0.29, 0.717) is 18.4 Å². The summed E-state index contributed by atoms with van der Waals surface area (Å²) in [4.78, 5) is 26.9. The van der Waals surface area contributed by atoms with Gasteiger partial charge in [0.25, 0.3) is 5.91 Å². The summed E-state index contributed by atoms with van der Waals surface area (Å²) in [6.45, 7) is 3.52. The molecule has 2 rings (SSSR count). The summed E-state index contributed by atoms with van der Waals surface area (Å²) in [5, 5.41) is 12.8. The van der Waals surface area contributed by atoms with E-state index < -0.39 is 11.5 Å². The highest BCUT2D eigenvalue weighted by molar-refractivity contribution is 6.07. The van der Waals surface area contributed by atoms with Gasteiger partial charge in [0.1, 0.15) is 5.54 Å². The minimum Gasteiger partial charge on any atom is -0.480 e. The number of amides is 1. The van der Waals surface area contributed by atoms with Gasteiger partial charge < -0.3 is 15.4 Å². The predicted octanol–water partition coefficient (Wildman–Crippen LogP) is 2.54. The first-order valence-electron chi connectivity index (χ1n) is 6.66. The number of H-pyrrole nitrogens is 1. The van der Waals surface area contributed by atoms with Crippen molar-refractivity contribution in [3.8, 4) is 0 Å². The molecule has 0 aliphatic carbocycles. The van der Waals surface area contributed by atoms with E-state index in [1.807, 2.05) is 12.1 Å². The Balaban J connectivity index is 2.36. The topological polar surface area (TPSA) is 82.2 Å². The minimum atomic E-state index is -1.21. The maximum absolute atomic E-state index is 12.4. The number of fused-ring (bicyclic) bond motifs is 1. The van der Waals surface area contributed by atoms with Gasteiger partial charge in [0, 0.05) is 22.7 Å². The van der Waals surface area contributed by atoms with Crippen LogP contribution in [0.4, 0.5) is 0 Å². The van der Waals surface area contributed by atoms with E-state index in [9.17, 15) is 14.7 Å². The van der Waals surface area contributed by atoms with Crippen molar-refractivity contribution in [3.05, 3.63) is 36.0 Å². The molecule has 0 aliphatic heterocycles. The van der Waals surface area contributed by atoms with Gasteiger partial charge in [-0.1, -0.05) is 19.9 Å². The minimum absolute atomic E-state index is 0.341. The van der Waals surface area contributed by atoms with Gasteiger partial charge in [0.05, 0.1) is 0 Å². The van der Waals surface area contributed by atoms with Gasteiger partial charge in [-0.05, 0) is 31.0 Å². The molecule has 0 atom stereocenters. The van der Waals surface area contributed by atoms with Gasteiger partial charge in [0.2, 0.25) is 0 Å². The van der Waals surface area contributed by atoms with Gasteiger partial charge in [-0.3, -0.25) is 4.79 Å². The van der Waals surface area contributed by atoms with E-state index in [2.05, 4.69) is 10.3 Å². The molecule has 1 amide bonds. The number of aromatic nitrogens is 1. The fourth-order valence-electron chi connectivity index (χ4n) is 2.35. The molecule has 3 N–H and O–H groups in total. The van der Waals surface area contributed by atoms with Crippen LogP contribution in [0.2, 0.25) is 0 Å². The van der Waals surface area contributed by atoms with E-state index in [1.54, 1.807) is 32.2 Å². The average Bonchev–Trinajstić information content (AvgIpc) is 2.92. The van der Waals surface area contributed by atoms with Crippen LogP contribution in [0.15, 0.2) is 30.5 Å². The molecule has 0 bridgehead atoms. The van der Waals surface area contributed by atoms with Gasteiger partial charge in [-0.2, -0.15) is 0 Å². The summed E-state index contributed by atoms with van der Waals surface area (Å²) in [5.74, 6) is -1.36. The number of hydrogen-bond donors (Lipinski definition) is 3. The van der Waals surface area contributed by atoms with Crippen LogP contribution in [0.5, 0.6) is 0 Å². The Morgan fingerprint density at radius 3 is 2.55 bits per heavy atom. The van der Waals surface area contributed by atoms with Gasteiger partial charge >= 0.3 is 5.97 Å². The molecular weight excluding hydrogens is 256 g/mol. The molecule has 0 radical (unpaired) electrons. The number of carboxylic acid groups (broad SMARTS) is 1. The van der Waals surface area contributed by atoms with Crippen molar-refractivity contribution < 1.29 is 14.7 Å². The van der Waals surface area contributed by atoms with E-state index in [-0.39, 0.29) is 5.91 Å². The third-order valence-electron chi connectivity index (χ3n) is 3.81. The number of aromatic amines is 1. The molecule has 1 heterocycles. The van der Waals surface area contributed by atoms with Gasteiger partial charge in [-0.25, -0.2) is 4.79 Å². The molecule has 106 valence electrons. The van der Waals surface area contributed by atoms with Crippen molar-refractivity contribution in [1.29, 1.82) is 0 Å². The number of carbonyl (C=O) groups excluding carboxylic acids is 1. The Labute approximate surface area is 117 Å². The molecule has 0 spiro atoms. The van der Waals surface area contributed by atoms with Crippen molar-refractivity contribution >= 4 is 22.8 Å². The molecule has 0 saturated heterocycles. The third-order valence-corrected chi connectivity index (χ3v) is 3.81. The highest BCUT2D eigenvalue weighted by Crippen LogP contribution is 2.20. The first-order valence-corrected chi connectivity index (χ1v) is 6.66. The maximum atomic E-state index is 12.4. The predicted molar refractivity (Wildman–Crippen MR) is 76.7 cm³/mol. The Kier molecular flexibility index (Phi) is 3.79. The standard InChI is InChI=1S/C15H18N2O3/c1-3-15(4-2,14(19)20)17-13(18)11-6-5-7-12-10(11)8-9-16-12/h5-9,16H,3-4H2,1-2H3,(H,17,18)(H,19,20). The second-order valence-electron chi connectivity index (χ2n) is 4.79. The fourth-order valence-corrected chi connectivity index (χ4v) is 2.35. The number of benzene rings is 1. The Hall–Kier alpha value is -2.30. The summed E-state index contributed by atoms with van der Waals surface area (Å²) in [6.07, 6.45) is 2.44. The SMILES string of the molecule is CCC(CC)(NC(=O)c1cccc2[nH]ccc12)C(=O)O. The Bertz CT molecular complexity index is 641. The molecule has 0 aliphatic rings. The second kappa shape index (κ2) is 5.36. The highest BCUT2D eigenvalue weighted by Gasteiger charge is 2.36. The molecule has 0 saturated carbocycles. The maximum Gasteiger partial charge on any atom is 0.329 e. The third kappa shape index (κ3) is 2.27. The van der Waals surface area contributed by atoms with Crippen molar-refractivity contribution in [2.75, 3.05) is 0 Å². The number of hydrogen-bond acceptors (Lipinski definition) is 2. The van der Waals surface area contributed by atoms with Gasteiger partial charge in [-0.15, -0.1) is 0 Å². The van der Waals surface area contributed by atoms with Crippen molar-refractivity contribution in [1.82, 2.24) is 10.3 Å². The van der Waals surface area contributed by atoms with Gasteiger partial charge in [0.15, 0.2) is 0 Å². The normalized spacial score (nSPS) is 11.5. The van der Waals surface area contributed by atoms with Crippen molar-refractivity contribution in [2.45, 2.75) is 32.2 Å². The van der Waals surface area contributed by atoms with E-state index in [4.69, 9.17) is 0 Å². The van der Waals surface area contributed by atoms with Crippen LogP contribution < -0.4 is 5.32 Å². The summed E-state index contributed by atoms with van der Waals surface area (Å²) in [6, 6.07) is 7.15. The van der Waals surface area contributed by atoms with Crippen LogP contribution in [-0.4, -0.2) is 27.5 Å². The fraction of sp³-hybridized carbons (Fsp3) is 0.333. The zero-order chi connectivity index (χ0) is 14.8. The second-order valence-corrected chi connectivity index (χ2v) is 4.79. The quantitative estimate of drug-likeness (QED) is 0.783. The largest absolute Gasteiger partial charge is 0.480 e. The number of nitrogens with one attached hydrogen (secondary N) is 2. The van der Waals surface area contributed by atoms with Crippen LogP contribution in [0.1, 0.15) is 37.0 Å². The highest BCUT2D eigenvalue weighted by atomic mass is 16.4. The molecular formula is C15H18N2O3. The summed E-state index contributed by atoms with van der Waals surface area (Å²) >= 11 is 0. The first kappa shape index (κ1) is 14.1. The summed E-state index contributed by atoms with van der Waals surface area (Å²) in [7, 11) is 0. The van der Waals surface area contributed by atoms with E-state index in [0.717, 1.165) is 10.9 Å². The number of aliphatic carboxylic acids is 1. The molecule has 5 heteroatoms. The van der Waals surface area contributed by atoms with E-state index >= 15 is 0 Å². The molecule has 1 aromatic carbocycles. The molecule has 1 aromatic heterocycles. The Morgan fingerprint density at radius 2 is 1.95 bits per heavy atom. The molecule has 2 aromatic rings. The lowest BCUT2D eigenvalue weighted by Gasteiger charge is -2.28. The summed E-state index contributed by atoms with van der Waals surface area (Å²) < 4.78 is 0. The number of carbonyl (C=O) groups is 2. The van der Waals surface area contributed by atoms with Crippen LogP contribution >= 0.6 is 0 Å². The van der Waals surface area contributed by atoms with Crippen molar-refractivity contribution in [3.63, 3.8) is 0 Å². The monoisotopic (exact) mass is 274 g/mol. The number of rotatable bonds is 5.